The zero-order chi connectivity index (χ0) is 39.7. The van der Waals surface area contributed by atoms with Crippen LogP contribution in [0.3, 0.4) is 0 Å². The maximum absolute atomic E-state index is 2.51. The van der Waals surface area contributed by atoms with Gasteiger partial charge >= 0.3 is 0 Å². The molecule has 60 heavy (non-hydrogen) atoms. The van der Waals surface area contributed by atoms with Crippen LogP contribution in [0.25, 0.3) is 92.6 Å². The Morgan fingerprint density at radius 1 is 0.533 bits per heavy atom. The van der Waals surface area contributed by atoms with E-state index in [1.54, 1.807) is 0 Å². The molecule has 3 aromatic heterocycles. The van der Waals surface area contributed by atoms with Gasteiger partial charge in [0.25, 0.3) is 0 Å². The maximum Gasteiger partial charge on any atom is 0.0641 e. The maximum atomic E-state index is 2.51. The molecule has 0 spiro atoms. The number of hydrogen-bond donors (Lipinski definition) is 0. The molecule has 11 aromatic rings. The third-order valence-corrected chi connectivity index (χ3v) is 14.9. The van der Waals surface area contributed by atoms with Gasteiger partial charge in [-0.15, -0.1) is 11.3 Å². The monoisotopic (exact) mass is 784 g/mol. The smallest absolute Gasteiger partial charge is 0.0641 e. The van der Waals surface area contributed by atoms with Crippen LogP contribution in [0.5, 0.6) is 0 Å². The predicted molar refractivity (Wildman–Crippen MR) is 255 cm³/mol. The minimum atomic E-state index is -0.0524. The van der Waals surface area contributed by atoms with E-state index in [2.05, 4.69) is 211 Å². The van der Waals surface area contributed by atoms with Gasteiger partial charge in [0.15, 0.2) is 0 Å². The van der Waals surface area contributed by atoms with Crippen LogP contribution >= 0.6 is 11.3 Å². The number of fused-ring (bicyclic) bond motifs is 12. The standard InChI is InChI=1S/C57H40N2S/c1-57(2)47-20-10-6-16-40(47)41-27-26-38(34-48(41)57)58-49-21-11-7-17-42(49)45-32-36(24-29-51(45)58)37-25-30-52-46(33-37)43-18-8-12-22-50(43)59(52)53-31-28-39(35-14-4-3-5-15-35)55-44-19-9-13-23-54(44)60-56(53)55/h3-31,33-34,36H,32H2,1-2H3. The van der Waals surface area contributed by atoms with Crippen LogP contribution in [0.2, 0.25) is 0 Å². The molecule has 0 fully saturated rings. The third-order valence-electron chi connectivity index (χ3n) is 13.7. The van der Waals surface area contributed by atoms with Crippen molar-refractivity contribution in [3.63, 3.8) is 0 Å². The van der Waals surface area contributed by atoms with Crippen molar-refractivity contribution in [2.24, 2.45) is 0 Å². The first-order valence-corrected chi connectivity index (χ1v) is 21.9. The van der Waals surface area contributed by atoms with Crippen LogP contribution < -0.4 is 0 Å². The zero-order valence-corrected chi connectivity index (χ0v) is 34.3. The molecule has 284 valence electrons. The Balaban J connectivity index is 0.940. The van der Waals surface area contributed by atoms with E-state index in [9.17, 15) is 0 Å². The first-order chi connectivity index (χ1) is 29.5. The quantitative estimate of drug-likeness (QED) is 0.168. The molecule has 3 heterocycles. The summed E-state index contributed by atoms with van der Waals surface area (Å²) in [6.45, 7) is 4.74. The van der Waals surface area contributed by atoms with Crippen LogP contribution in [0.15, 0.2) is 182 Å². The Morgan fingerprint density at radius 3 is 2.08 bits per heavy atom. The van der Waals surface area contributed by atoms with Crippen molar-refractivity contribution in [1.82, 2.24) is 9.13 Å². The fourth-order valence-corrected chi connectivity index (χ4v) is 12.1. The molecule has 8 aromatic carbocycles. The SMILES string of the molecule is CC1(C)c2ccccc2-c2ccc(-n3c4c(c5ccccc53)CC(c3ccc5c(c3)c3ccccc3n5-c3ccc(-c5ccccc5)c5c3sc3ccccc35)C=C4)cc21. The van der Waals surface area contributed by atoms with E-state index in [0.29, 0.717) is 0 Å². The molecule has 13 rings (SSSR count). The van der Waals surface area contributed by atoms with Gasteiger partial charge in [-0.2, -0.15) is 0 Å². The van der Waals surface area contributed by atoms with Crippen molar-refractivity contribution in [2.75, 3.05) is 0 Å². The lowest BCUT2D eigenvalue weighted by Gasteiger charge is -2.23. The minimum Gasteiger partial charge on any atom is -0.310 e. The lowest BCUT2D eigenvalue weighted by Crippen LogP contribution is -2.15. The van der Waals surface area contributed by atoms with E-state index in [4.69, 9.17) is 0 Å². The minimum absolute atomic E-state index is 0.0524. The van der Waals surface area contributed by atoms with Crippen LogP contribution in [0, 0.1) is 0 Å². The zero-order valence-electron chi connectivity index (χ0n) is 33.5. The van der Waals surface area contributed by atoms with E-state index in [1.807, 2.05) is 11.3 Å². The van der Waals surface area contributed by atoms with Gasteiger partial charge < -0.3 is 9.13 Å². The second kappa shape index (κ2) is 12.5. The number of benzene rings is 8. The largest absolute Gasteiger partial charge is 0.310 e. The van der Waals surface area contributed by atoms with Crippen molar-refractivity contribution in [3.05, 3.63) is 210 Å². The molecule has 0 aliphatic heterocycles. The molecule has 2 aliphatic rings. The van der Waals surface area contributed by atoms with Crippen molar-refractivity contribution < 1.29 is 0 Å². The summed E-state index contributed by atoms with van der Waals surface area (Å²) in [6, 6.07) is 65.7. The van der Waals surface area contributed by atoms with Crippen molar-refractivity contribution >= 4 is 70.3 Å². The van der Waals surface area contributed by atoms with E-state index >= 15 is 0 Å². The second-order valence-electron chi connectivity index (χ2n) is 17.2. The van der Waals surface area contributed by atoms with Gasteiger partial charge in [0.05, 0.1) is 26.9 Å². The summed E-state index contributed by atoms with van der Waals surface area (Å²) in [5.41, 5.74) is 18.3. The first kappa shape index (κ1) is 34.0. The summed E-state index contributed by atoms with van der Waals surface area (Å²) in [7, 11) is 0. The van der Waals surface area contributed by atoms with Gasteiger partial charge in [-0.05, 0) is 106 Å². The molecule has 0 amide bonds. The number of nitrogens with zero attached hydrogens (tertiary/aromatic N) is 2. The molecule has 1 atom stereocenters. The number of hydrogen-bond acceptors (Lipinski definition) is 1. The van der Waals surface area contributed by atoms with Crippen LogP contribution in [0.1, 0.15) is 47.7 Å². The number of rotatable bonds is 4. The van der Waals surface area contributed by atoms with E-state index < -0.39 is 0 Å². The van der Waals surface area contributed by atoms with Gasteiger partial charge in [-0.3, -0.25) is 0 Å². The summed E-state index contributed by atoms with van der Waals surface area (Å²) >= 11 is 1.90. The Bertz CT molecular complexity index is 3610. The van der Waals surface area contributed by atoms with Crippen molar-refractivity contribution in [1.29, 1.82) is 0 Å². The van der Waals surface area contributed by atoms with Crippen molar-refractivity contribution in [2.45, 2.75) is 31.6 Å². The molecular weight excluding hydrogens is 745 g/mol. The van der Waals surface area contributed by atoms with Crippen LogP contribution in [0.4, 0.5) is 0 Å². The number of thiophene rings is 1. The highest BCUT2D eigenvalue weighted by Gasteiger charge is 2.36. The van der Waals surface area contributed by atoms with Crippen LogP contribution in [-0.4, -0.2) is 9.13 Å². The summed E-state index contributed by atoms with van der Waals surface area (Å²) in [5.74, 6) is 0.260. The first-order valence-electron chi connectivity index (χ1n) is 21.1. The van der Waals surface area contributed by atoms with Crippen LogP contribution in [-0.2, 0) is 11.8 Å². The lowest BCUT2D eigenvalue weighted by atomic mass is 9.82. The number of allylic oxidation sites excluding steroid dienone is 1. The van der Waals surface area contributed by atoms with E-state index in [-0.39, 0.29) is 11.3 Å². The normalized spacial score (nSPS) is 15.3. The molecule has 3 heteroatoms. The van der Waals surface area contributed by atoms with Gasteiger partial charge in [0.2, 0.25) is 0 Å². The van der Waals surface area contributed by atoms with Gasteiger partial charge in [-0.1, -0.05) is 147 Å². The second-order valence-corrected chi connectivity index (χ2v) is 18.3. The fourth-order valence-electron chi connectivity index (χ4n) is 10.9. The molecular formula is C57H40N2S. The number of aromatic nitrogens is 2. The highest BCUT2D eigenvalue weighted by atomic mass is 32.1. The summed E-state index contributed by atoms with van der Waals surface area (Å²) in [5, 5.41) is 6.57. The Morgan fingerprint density at radius 2 is 1.22 bits per heavy atom. The molecule has 0 saturated heterocycles. The van der Waals surface area contributed by atoms with Gasteiger partial charge in [-0.25, -0.2) is 0 Å². The van der Waals surface area contributed by atoms with Gasteiger partial charge in [0, 0.05) is 54.3 Å². The third kappa shape index (κ3) is 4.70. The lowest BCUT2D eigenvalue weighted by molar-refractivity contribution is 0.660. The highest BCUT2D eigenvalue weighted by Crippen LogP contribution is 2.50. The average molecular weight is 785 g/mol. The van der Waals surface area contributed by atoms with Crippen molar-refractivity contribution in [3.8, 4) is 33.6 Å². The predicted octanol–water partition coefficient (Wildman–Crippen LogP) is 15.4. The molecule has 0 saturated carbocycles. The van der Waals surface area contributed by atoms with E-state index in [1.165, 1.54) is 114 Å². The summed E-state index contributed by atoms with van der Waals surface area (Å²) in [4.78, 5) is 0. The molecule has 2 nitrogen and oxygen atoms in total. The molecule has 0 N–H and O–H groups in total. The molecule has 2 aliphatic carbocycles. The molecule has 0 radical (unpaired) electrons. The van der Waals surface area contributed by atoms with Gasteiger partial charge in [0.1, 0.15) is 0 Å². The van der Waals surface area contributed by atoms with E-state index in [0.717, 1.165) is 6.42 Å². The average Bonchev–Trinajstić information content (AvgIpc) is 4.02. The highest BCUT2D eigenvalue weighted by molar-refractivity contribution is 7.26. The molecule has 1 unspecified atom stereocenters. The Kier molecular flexibility index (Phi) is 7.10. The summed E-state index contributed by atoms with van der Waals surface area (Å²) in [6.07, 6.45) is 5.81. The fraction of sp³-hybridized carbons (Fsp3) is 0.0877. The topological polar surface area (TPSA) is 9.86 Å². The summed E-state index contributed by atoms with van der Waals surface area (Å²) < 4.78 is 7.65. The molecule has 0 bridgehead atoms. The number of para-hydroxylation sites is 2. The Hall–Kier alpha value is -6.94. The Labute approximate surface area is 352 Å².